The Kier molecular flexibility index (Phi) is 4.36. The van der Waals surface area contributed by atoms with Crippen LogP contribution in [0.4, 0.5) is 5.69 Å². The van der Waals surface area contributed by atoms with Crippen molar-refractivity contribution in [3.05, 3.63) is 27.7 Å². The SMILES string of the molecule is Nc1cc(C(=O)NCCC2CCC2)cc(Cl)c1Cl. The summed E-state index contributed by atoms with van der Waals surface area (Å²) in [7, 11) is 0. The van der Waals surface area contributed by atoms with Crippen LogP contribution in [0.3, 0.4) is 0 Å². The number of halogens is 2. The van der Waals surface area contributed by atoms with E-state index in [9.17, 15) is 4.79 Å². The lowest BCUT2D eigenvalue weighted by atomic mass is 9.83. The fraction of sp³-hybridized carbons (Fsp3) is 0.462. The van der Waals surface area contributed by atoms with Crippen LogP contribution in [-0.2, 0) is 0 Å². The Bertz CT molecular complexity index is 435. The molecule has 3 nitrogen and oxygen atoms in total. The van der Waals surface area contributed by atoms with E-state index in [-0.39, 0.29) is 5.91 Å². The highest BCUT2D eigenvalue weighted by Gasteiger charge is 2.17. The Balaban J connectivity index is 1.91. The van der Waals surface area contributed by atoms with Gasteiger partial charge in [-0.1, -0.05) is 42.5 Å². The summed E-state index contributed by atoms with van der Waals surface area (Å²) in [4.78, 5) is 11.9. The highest BCUT2D eigenvalue weighted by Crippen LogP contribution is 2.30. The van der Waals surface area contributed by atoms with Gasteiger partial charge in [-0.15, -0.1) is 0 Å². The zero-order valence-corrected chi connectivity index (χ0v) is 11.5. The summed E-state index contributed by atoms with van der Waals surface area (Å²) in [6.07, 6.45) is 4.94. The van der Waals surface area contributed by atoms with Crippen molar-refractivity contribution in [3.8, 4) is 0 Å². The van der Waals surface area contributed by atoms with Crippen LogP contribution in [0.15, 0.2) is 12.1 Å². The van der Waals surface area contributed by atoms with E-state index in [1.807, 2.05) is 0 Å². The number of carbonyl (C=O) groups is 1. The zero-order chi connectivity index (χ0) is 13.1. The highest BCUT2D eigenvalue weighted by molar-refractivity contribution is 6.43. The fourth-order valence-corrected chi connectivity index (χ4v) is 2.35. The van der Waals surface area contributed by atoms with Crippen LogP contribution in [0.1, 0.15) is 36.0 Å². The zero-order valence-electron chi connectivity index (χ0n) is 10.0. The van der Waals surface area contributed by atoms with Crippen molar-refractivity contribution in [1.29, 1.82) is 0 Å². The van der Waals surface area contributed by atoms with Crippen molar-refractivity contribution in [2.24, 2.45) is 5.92 Å². The van der Waals surface area contributed by atoms with Crippen LogP contribution in [0, 0.1) is 5.92 Å². The van der Waals surface area contributed by atoms with Gasteiger partial charge in [0.15, 0.2) is 0 Å². The molecular weight excluding hydrogens is 271 g/mol. The topological polar surface area (TPSA) is 55.1 Å². The molecule has 0 bridgehead atoms. The Morgan fingerprint density at radius 3 is 2.67 bits per heavy atom. The first-order valence-electron chi connectivity index (χ1n) is 6.10. The lowest BCUT2D eigenvalue weighted by molar-refractivity contribution is 0.0949. The van der Waals surface area contributed by atoms with Crippen LogP contribution in [0.5, 0.6) is 0 Å². The molecule has 0 atom stereocenters. The molecule has 0 heterocycles. The van der Waals surface area contributed by atoms with Crippen molar-refractivity contribution in [3.63, 3.8) is 0 Å². The van der Waals surface area contributed by atoms with E-state index in [0.717, 1.165) is 12.3 Å². The van der Waals surface area contributed by atoms with Crippen molar-refractivity contribution < 1.29 is 4.79 Å². The predicted molar refractivity (Wildman–Crippen MR) is 75.2 cm³/mol. The number of carbonyl (C=O) groups excluding carboxylic acids is 1. The van der Waals surface area contributed by atoms with E-state index in [2.05, 4.69) is 5.32 Å². The van der Waals surface area contributed by atoms with Gasteiger partial charge in [0.2, 0.25) is 0 Å². The first-order chi connectivity index (χ1) is 8.58. The minimum Gasteiger partial charge on any atom is -0.397 e. The maximum Gasteiger partial charge on any atom is 0.251 e. The minimum absolute atomic E-state index is 0.153. The molecule has 1 fully saturated rings. The Hall–Kier alpha value is -0.930. The summed E-state index contributed by atoms with van der Waals surface area (Å²) in [6, 6.07) is 3.09. The van der Waals surface area contributed by atoms with Crippen LogP contribution < -0.4 is 11.1 Å². The van der Waals surface area contributed by atoms with Crippen LogP contribution in [0.25, 0.3) is 0 Å². The summed E-state index contributed by atoms with van der Waals surface area (Å²) in [5.41, 5.74) is 6.45. The van der Waals surface area contributed by atoms with E-state index in [1.54, 1.807) is 12.1 Å². The summed E-state index contributed by atoms with van der Waals surface area (Å²) < 4.78 is 0. The molecule has 1 amide bonds. The van der Waals surface area contributed by atoms with Gasteiger partial charge in [0.1, 0.15) is 0 Å². The molecule has 1 aromatic carbocycles. The van der Waals surface area contributed by atoms with Gasteiger partial charge in [-0.25, -0.2) is 0 Å². The second-order valence-corrected chi connectivity index (χ2v) is 5.49. The molecule has 0 unspecified atom stereocenters. The second kappa shape index (κ2) is 5.81. The normalized spacial score (nSPS) is 15.2. The van der Waals surface area contributed by atoms with Crippen LogP contribution in [-0.4, -0.2) is 12.5 Å². The molecule has 1 aliphatic carbocycles. The smallest absolute Gasteiger partial charge is 0.251 e. The molecule has 0 aromatic heterocycles. The third-order valence-corrected chi connectivity index (χ3v) is 4.20. The van der Waals surface area contributed by atoms with Gasteiger partial charge in [0, 0.05) is 12.1 Å². The molecule has 0 aliphatic heterocycles. The molecule has 0 spiro atoms. The lowest BCUT2D eigenvalue weighted by Gasteiger charge is -2.25. The number of amides is 1. The average molecular weight is 287 g/mol. The van der Waals surface area contributed by atoms with E-state index >= 15 is 0 Å². The maximum atomic E-state index is 11.9. The molecular formula is C13H16Cl2N2O. The third-order valence-electron chi connectivity index (χ3n) is 3.38. The highest BCUT2D eigenvalue weighted by atomic mass is 35.5. The van der Waals surface area contributed by atoms with E-state index in [4.69, 9.17) is 28.9 Å². The summed E-state index contributed by atoms with van der Waals surface area (Å²) in [5, 5.41) is 3.48. The average Bonchev–Trinajstić information content (AvgIpc) is 2.28. The summed E-state index contributed by atoms with van der Waals surface area (Å²) in [5.74, 6) is 0.628. The monoisotopic (exact) mass is 286 g/mol. The van der Waals surface area contributed by atoms with E-state index in [0.29, 0.717) is 27.8 Å². The number of nitrogens with two attached hydrogens (primary N) is 1. The molecule has 5 heteroatoms. The summed E-state index contributed by atoms with van der Waals surface area (Å²) >= 11 is 11.7. The molecule has 1 aromatic rings. The van der Waals surface area contributed by atoms with Gasteiger partial charge in [0.25, 0.3) is 5.91 Å². The van der Waals surface area contributed by atoms with Gasteiger partial charge < -0.3 is 11.1 Å². The fourth-order valence-electron chi connectivity index (χ4n) is 2.01. The van der Waals surface area contributed by atoms with Crippen molar-refractivity contribution in [1.82, 2.24) is 5.32 Å². The van der Waals surface area contributed by atoms with Gasteiger partial charge >= 0.3 is 0 Å². The molecule has 98 valence electrons. The summed E-state index contributed by atoms with van der Waals surface area (Å²) in [6.45, 7) is 0.698. The molecule has 2 rings (SSSR count). The molecule has 1 saturated carbocycles. The van der Waals surface area contributed by atoms with Gasteiger partial charge in [-0.3, -0.25) is 4.79 Å². The quantitative estimate of drug-likeness (QED) is 0.833. The maximum absolute atomic E-state index is 11.9. The van der Waals surface area contributed by atoms with Crippen LogP contribution >= 0.6 is 23.2 Å². The Morgan fingerprint density at radius 1 is 1.39 bits per heavy atom. The molecule has 0 radical (unpaired) electrons. The second-order valence-electron chi connectivity index (χ2n) is 4.70. The standard InChI is InChI=1S/C13H16Cl2N2O/c14-10-6-9(7-11(16)12(10)15)13(18)17-5-4-8-2-1-3-8/h6-8H,1-5,16H2,(H,17,18). The largest absolute Gasteiger partial charge is 0.397 e. The van der Waals surface area contributed by atoms with Gasteiger partial charge in [-0.2, -0.15) is 0 Å². The van der Waals surface area contributed by atoms with E-state index < -0.39 is 0 Å². The lowest BCUT2D eigenvalue weighted by Crippen LogP contribution is -2.27. The number of nitrogens with one attached hydrogen (secondary N) is 1. The van der Waals surface area contributed by atoms with Crippen molar-refractivity contribution in [2.45, 2.75) is 25.7 Å². The first kappa shape index (κ1) is 13.5. The van der Waals surface area contributed by atoms with Crippen LogP contribution in [0.2, 0.25) is 10.0 Å². The number of benzene rings is 1. The predicted octanol–water partition coefficient (Wildman–Crippen LogP) is 3.50. The Morgan fingerprint density at radius 2 is 2.11 bits per heavy atom. The number of nitrogen functional groups attached to an aromatic ring is 1. The van der Waals surface area contributed by atoms with Crippen molar-refractivity contribution in [2.75, 3.05) is 12.3 Å². The van der Waals surface area contributed by atoms with Crippen molar-refractivity contribution >= 4 is 34.8 Å². The molecule has 18 heavy (non-hydrogen) atoms. The number of rotatable bonds is 4. The van der Waals surface area contributed by atoms with Gasteiger partial charge in [0.05, 0.1) is 15.7 Å². The third kappa shape index (κ3) is 3.09. The van der Waals surface area contributed by atoms with Gasteiger partial charge in [-0.05, 0) is 24.5 Å². The Labute approximate surface area is 117 Å². The minimum atomic E-state index is -0.153. The first-order valence-corrected chi connectivity index (χ1v) is 6.86. The number of hydrogen-bond donors (Lipinski definition) is 2. The molecule has 3 N–H and O–H groups in total. The molecule has 0 saturated heterocycles. The van der Waals surface area contributed by atoms with E-state index in [1.165, 1.54) is 19.3 Å². The number of hydrogen-bond acceptors (Lipinski definition) is 2. The molecule has 1 aliphatic rings. The number of anilines is 1.